The minimum absolute atomic E-state index is 0. The van der Waals surface area contributed by atoms with Crippen molar-refractivity contribution < 1.29 is 35.4 Å². The van der Waals surface area contributed by atoms with Gasteiger partial charge in [0.1, 0.15) is 11.5 Å². The van der Waals surface area contributed by atoms with Crippen LogP contribution in [0.5, 0.6) is 11.5 Å². The first kappa shape index (κ1) is 18.8. The Bertz CT molecular complexity index is 783. The summed E-state index contributed by atoms with van der Waals surface area (Å²) in [5.74, 6) is 0.786. The molecule has 0 aliphatic heterocycles. The van der Waals surface area contributed by atoms with Crippen LogP contribution in [0.2, 0.25) is 0 Å². The Morgan fingerprint density at radius 3 is 1.64 bits per heavy atom. The van der Waals surface area contributed by atoms with Crippen LogP contribution in [0.15, 0.2) is 85.2 Å². The average molecular weight is 378 g/mol. The Kier molecular flexibility index (Phi) is 6.45. The molecule has 0 bridgehead atoms. The van der Waals surface area contributed by atoms with E-state index in [1.54, 1.807) is 60.9 Å². The zero-order valence-corrected chi connectivity index (χ0v) is 15.1. The lowest BCUT2D eigenvalue weighted by molar-refractivity contribution is -0.860. The molecule has 0 radical (unpaired) electrons. The summed E-state index contributed by atoms with van der Waals surface area (Å²) in [6, 6.07) is 21.2. The van der Waals surface area contributed by atoms with Gasteiger partial charge in [-0.25, -0.2) is 0 Å². The number of hydrogen-bond donors (Lipinski definition) is 0. The van der Waals surface area contributed by atoms with E-state index in [2.05, 4.69) is 0 Å². The van der Waals surface area contributed by atoms with Crippen LogP contribution >= 0.6 is 7.82 Å². The lowest BCUT2D eigenvalue weighted by atomic mass is 10.3. The predicted molar refractivity (Wildman–Crippen MR) is 89.7 cm³/mol. The lowest BCUT2D eigenvalue weighted by Gasteiger charge is -2.15. The van der Waals surface area contributed by atoms with Crippen molar-refractivity contribution >= 4 is 7.82 Å². The Morgan fingerprint density at radius 2 is 1.20 bits per heavy atom. The molecule has 0 saturated carbocycles. The maximum atomic E-state index is 13.1. The van der Waals surface area contributed by atoms with Crippen molar-refractivity contribution in [3.63, 3.8) is 0 Å². The summed E-state index contributed by atoms with van der Waals surface area (Å²) in [7, 11) is -3.94. The largest absolute Gasteiger partial charge is 1.00 e. The third kappa shape index (κ3) is 5.52. The summed E-state index contributed by atoms with van der Waals surface area (Å²) in [4.78, 5) is 0. The zero-order valence-electron chi connectivity index (χ0n) is 13.5. The van der Waals surface area contributed by atoms with E-state index in [1.165, 1.54) is 4.73 Å². The smallest absolute Gasteiger partial charge is 0.700 e. The Morgan fingerprint density at radius 1 is 0.760 bits per heavy atom. The number of pyridine rings is 1. The SMILES string of the molecule is Cc1cc[n+](OP(=O)(Oc2ccccc2)Oc2ccccc2)cc1.[Cl-]. The highest BCUT2D eigenvalue weighted by Gasteiger charge is 2.38. The Balaban J connectivity index is 0.00000225. The number of phosphoric acid groups is 1. The molecule has 0 aliphatic rings. The summed E-state index contributed by atoms with van der Waals surface area (Å²) in [6.07, 6.45) is 3.29. The monoisotopic (exact) mass is 377 g/mol. The second-order valence-electron chi connectivity index (χ2n) is 5.07. The number of aryl methyl sites for hydroxylation is 1. The maximum Gasteiger partial charge on any atom is 0.700 e. The number of phosphoric ester groups is 1. The van der Waals surface area contributed by atoms with Crippen molar-refractivity contribution in [3.8, 4) is 11.5 Å². The molecule has 0 N–H and O–H groups in total. The van der Waals surface area contributed by atoms with Crippen LogP contribution < -0.4 is 30.8 Å². The van der Waals surface area contributed by atoms with E-state index in [-0.39, 0.29) is 12.4 Å². The number of para-hydroxylation sites is 2. The molecule has 5 nitrogen and oxygen atoms in total. The number of hydrogen-bond acceptors (Lipinski definition) is 4. The van der Waals surface area contributed by atoms with Crippen LogP contribution in [0.3, 0.4) is 0 Å². The van der Waals surface area contributed by atoms with Gasteiger partial charge in [0.25, 0.3) is 0 Å². The van der Waals surface area contributed by atoms with Gasteiger partial charge < -0.3 is 21.5 Å². The summed E-state index contributed by atoms with van der Waals surface area (Å²) in [5, 5.41) is 0. The number of nitrogens with zero attached hydrogens (tertiary/aromatic N) is 1. The van der Waals surface area contributed by atoms with E-state index < -0.39 is 7.82 Å². The quantitative estimate of drug-likeness (QED) is 0.475. The summed E-state index contributed by atoms with van der Waals surface area (Å²) < 4.78 is 31.0. The fraction of sp³-hybridized carbons (Fsp3) is 0.0556. The van der Waals surface area contributed by atoms with Gasteiger partial charge in [-0.3, -0.25) is 0 Å². The third-order valence-corrected chi connectivity index (χ3v) is 4.34. The van der Waals surface area contributed by atoms with Crippen LogP contribution in [-0.2, 0) is 4.57 Å². The molecule has 1 aromatic heterocycles. The molecule has 0 fully saturated rings. The van der Waals surface area contributed by atoms with Crippen molar-refractivity contribution in [2.75, 3.05) is 0 Å². The maximum absolute atomic E-state index is 13.1. The molecule has 2 aromatic carbocycles. The summed E-state index contributed by atoms with van der Waals surface area (Å²) >= 11 is 0. The van der Waals surface area contributed by atoms with Gasteiger partial charge in [0, 0.05) is 16.9 Å². The second-order valence-corrected chi connectivity index (χ2v) is 6.50. The molecule has 0 atom stereocenters. The first-order chi connectivity index (χ1) is 11.6. The van der Waals surface area contributed by atoms with Crippen LogP contribution in [0.1, 0.15) is 5.56 Å². The van der Waals surface area contributed by atoms with Gasteiger partial charge in [-0.15, -0.1) is 4.62 Å². The van der Waals surface area contributed by atoms with E-state index in [0.29, 0.717) is 11.5 Å². The molecule has 130 valence electrons. The minimum Gasteiger partial charge on any atom is -1.00 e. The standard InChI is InChI=1S/C18H17NO4P.ClH/c1-16-12-14-19(15-13-16)23-24(20,21-17-8-4-2-5-9-17)22-18-10-6-3-7-11-18;/h2-15H,1H3;1H/q+1;/p-1. The molecule has 3 rings (SSSR count). The molecule has 0 spiro atoms. The van der Waals surface area contributed by atoms with E-state index >= 15 is 0 Å². The zero-order chi connectivity index (χ0) is 16.8. The van der Waals surface area contributed by atoms with Gasteiger partial charge >= 0.3 is 7.82 Å². The normalized spacial score (nSPS) is 10.4. The van der Waals surface area contributed by atoms with Crippen LogP contribution in [-0.4, -0.2) is 0 Å². The van der Waals surface area contributed by atoms with Crippen molar-refractivity contribution in [1.29, 1.82) is 0 Å². The number of rotatable bonds is 6. The molecule has 0 saturated heterocycles. The Hall–Kier alpha value is -2.49. The molecule has 0 unspecified atom stereocenters. The van der Waals surface area contributed by atoms with Gasteiger partial charge in [-0.2, -0.15) is 4.57 Å². The van der Waals surface area contributed by atoms with E-state index in [0.717, 1.165) is 5.56 Å². The van der Waals surface area contributed by atoms with Gasteiger partial charge in [0.15, 0.2) is 0 Å². The summed E-state index contributed by atoms with van der Waals surface area (Å²) in [6.45, 7) is 1.95. The van der Waals surface area contributed by atoms with Gasteiger partial charge in [-0.1, -0.05) is 36.4 Å². The predicted octanol–water partition coefficient (Wildman–Crippen LogP) is 0.981. The Labute approximate surface area is 152 Å². The number of aromatic nitrogens is 1. The van der Waals surface area contributed by atoms with Crippen LogP contribution in [0, 0.1) is 6.92 Å². The average Bonchev–Trinajstić information content (AvgIpc) is 2.58. The molecular weight excluding hydrogens is 361 g/mol. The van der Waals surface area contributed by atoms with E-state index in [1.807, 2.05) is 31.2 Å². The van der Waals surface area contributed by atoms with Gasteiger partial charge in [0.05, 0.1) is 0 Å². The molecule has 7 heteroatoms. The number of benzene rings is 2. The summed E-state index contributed by atoms with van der Waals surface area (Å²) in [5.41, 5.74) is 1.05. The fourth-order valence-electron chi connectivity index (χ4n) is 1.93. The van der Waals surface area contributed by atoms with Crippen molar-refractivity contribution in [3.05, 3.63) is 90.8 Å². The molecule has 0 amide bonds. The van der Waals surface area contributed by atoms with Crippen molar-refractivity contribution in [2.24, 2.45) is 0 Å². The first-order valence-corrected chi connectivity index (χ1v) is 8.86. The highest BCUT2D eigenvalue weighted by Crippen LogP contribution is 2.45. The van der Waals surface area contributed by atoms with Crippen molar-refractivity contribution in [1.82, 2.24) is 0 Å². The molecule has 3 aromatic rings. The highest BCUT2D eigenvalue weighted by molar-refractivity contribution is 7.49. The van der Waals surface area contributed by atoms with Crippen LogP contribution in [0.4, 0.5) is 0 Å². The van der Waals surface area contributed by atoms with Crippen molar-refractivity contribution in [2.45, 2.75) is 6.92 Å². The van der Waals surface area contributed by atoms with Gasteiger partial charge in [-0.05, 0) is 36.8 Å². The fourth-order valence-corrected chi connectivity index (χ4v) is 3.13. The third-order valence-electron chi connectivity index (χ3n) is 3.08. The minimum atomic E-state index is -3.94. The molecule has 1 heterocycles. The molecular formula is C18H17ClNO4P. The molecule has 25 heavy (non-hydrogen) atoms. The van der Waals surface area contributed by atoms with Crippen LogP contribution in [0.25, 0.3) is 0 Å². The second kappa shape index (κ2) is 8.56. The number of halogens is 1. The lowest BCUT2D eigenvalue weighted by Crippen LogP contribution is -3.00. The highest BCUT2D eigenvalue weighted by atomic mass is 35.5. The first-order valence-electron chi connectivity index (χ1n) is 7.40. The molecule has 0 aliphatic carbocycles. The van der Waals surface area contributed by atoms with Gasteiger partial charge in [0.2, 0.25) is 12.4 Å². The topological polar surface area (TPSA) is 48.6 Å². The van der Waals surface area contributed by atoms with E-state index in [9.17, 15) is 4.57 Å². The van der Waals surface area contributed by atoms with E-state index in [4.69, 9.17) is 13.7 Å².